The van der Waals surface area contributed by atoms with Crippen LogP contribution in [0, 0.1) is 0 Å². The van der Waals surface area contributed by atoms with Crippen molar-refractivity contribution in [3.05, 3.63) is 88.9 Å². The van der Waals surface area contributed by atoms with Gasteiger partial charge in [-0.25, -0.2) is 13.4 Å². The fraction of sp³-hybridized carbons (Fsp3) is 0.200. The van der Waals surface area contributed by atoms with Gasteiger partial charge in [0, 0.05) is 11.4 Å². The lowest BCUT2D eigenvalue weighted by atomic mass is 10.2. The molecule has 5 nitrogen and oxygen atoms in total. The smallest absolute Gasteiger partial charge is 0.230 e. The maximum Gasteiger partial charge on any atom is 0.230 e. The van der Waals surface area contributed by atoms with E-state index in [0.717, 1.165) is 22.2 Å². The van der Waals surface area contributed by atoms with Gasteiger partial charge >= 0.3 is 0 Å². The number of rotatable bonds is 8. The minimum atomic E-state index is -3.62. The highest BCUT2D eigenvalue weighted by molar-refractivity contribution is 7.91. The molecule has 0 saturated carbocycles. The van der Waals surface area contributed by atoms with E-state index >= 15 is 0 Å². The molecule has 0 atom stereocenters. The van der Waals surface area contributed by atoms with E-state index in [1.54, 1.807) is 4.90 Å². The molecule has 0 spiro atoms. The van der Waals surface area contributed by atoms with Crippen LogP contribution in [0.15, 0.2) is 77.7 Å². The molecule has 1 heterocycles. The van der Waals surface area contributed by atoms with Crippen molar-refractivity contribution in [2.45, 2.75) is 31.2 Å². The zero-order valence-electron chi connectivity index (χ0n) is 18.1. The van der Waals surface area contributed by atoms with Crippen molar-refractivity contribution < 1.29 is 13.2 Å². The van der Waals surface area contributed by atoms with Gasteiger partial charge < -0.3 is 0 Å². The summed E-state index contributed by atoms with van der Waals surface area (Å²) in [7, 11) is -3.62. The summed E-state index contributed by atoms with van der Waals surface area (Å²) < 4.78 is 26.5. The van der Waals surface area contributed by atoms with Gasteiger partial charge in [-0.05, 0) is 53.9 Å². The predicted octanol–water partition coefficient (Wildman–Crippen LogP) is 5.91. The number of carbonyl (C=O) groups excluding carboxylic acids is 1. The Morgan fingerprint density at radius 2 is 1.73 bits per heavy atom. The van der Waals surface area contributed by atoms with Crippen LogP contribution in [0.1, 0.15) is 24.5 Å². The molecule has 0 radical (unpaired) electrons. The first-order chi connectivity index (χ1) is 15.9. The minimum Gasteiger partial charge on any atom is -0.284 e. The van der Waals surface area contributed by atoms with Crippen molar-refractivity contribution >= 4 is 54.0 Å². The van der Waals surface area contributed by atoms with Crippen LogP contribution in [-0.4, -0.2) is 25.1 Å². The Morgan fingerprint density at radius 3 is 2.42 bits per heavy atom. The van der Waals surface area contributed by atoms with Crippen molar-refractivity contribution in [1.82, 2.24) is 4.98 Å². The molecule has 4 aromatic rings. The summed E-state index contributed by atoms with van der Waals surface area (Å²) in [5.41, 5.74) is 2.97. The number of benzene rings is 3. The van der Waals surface area contributed by atoms with E-state index in [1.807, 2.05) is 42.5 Å². The van der Waals surface area contributed by atoms with E-state index in [4.69, 9.17) is 11.6 Å². The van der Waals surface area contributed by atoms with Crippen LogP contribution in [0.25, 0.3) is 10.2 Å². The maximum absolute atomic E-state index is 13.3. The summed E-state index contributed by atoms with van der Waals surface area (Å²) in [6.45, 7) is 2.41. The SMILES string of the molecule is CCc1ccc2nc(N(Cc3ccccc3)C(=O)CCS(=O)(=O)c3ccc(Cl)cc3)sc2c1. The van der Waals surface area contributed by atoms with Crippen LogP contribution in [0.5, 0.6) is 0 Å². The van der Waals surface area contributed by atoms with Crippen molar-refractivity contribution in [1.29, 1.82) is 0 Å². The molecule has 3 aromatic carbocycles. The number of aromatic nitrogens is 1. The van der Waals surface area contributed by atoms with Gasteiger partial charge in [-0.3, -0.25) is 9.69 Å². The molecule has 1 aromatic heterocycles. The number of halogens is 1. The first kappa shape index (κ1) is 23.4. The lowest BCUT2D eigenvalue weighted by Crippen LogP contribution is -2.31. The van der Waals surface area contributed by atoms with Crippen LogP contribution in [0.4, 0.5) is 5.13 Å². The lowest BCUT2D eigenvalue weighted by molar-refractivity contribution is -0.118. The number of nitrogens with zero attached hydrogens (tertiary/aromatic N) is 2. The zero-order chi connectivity index (χ0) is 23.4. The van der Waals surface area contributed by atoms with Gasteiger partial charge in [-0.15, -0.1) is 0 Å². The summed E-state index contributed by atoms with van der Waals surface area (Å²) >= 11 is 7.31. The van der Waals surface area contributed by atoms with Crippen molar-refractivity contribution in [2.75, 3.05) is 10.7 Å². The number of sulfone groups is 1. The number of hydrogen-bond donors (Lipinski definition) is 0. The number of fused-ring (bicyclic) bond motifs is 1. The van der Waals surface area contributed by atoms with Crippen LogP contribution < -0.4 is 4.90 Å². The minimum absolute atomic E-state index is 0.145. The molecule has 0 aliphatic heterocycles. The monoisotopic (exact) mass is 498 g/mol. The fourth-order valence-electron chi connectivity index (χ4n) is 3.44. The second kappa shape index (κ2) is 10.0. The molecule has 0 bridgehead atoms. The molecule has 4 rings (SSSR count). The van der Waals surface area contributed by atoms with E-state index in [1.165, 1.54) is 41.2 Å². The highest BCUT2D eigenvalue weighted by Gasteiger charge is 2.23. The quantitative estimate of drug-likeness (QED) is 0.303. The third kappa shape index (κ3) is 5.61. The second-order valence-corrected chi connectivity index (χ2v) is 11.2. The molecular weight excluding hydrogens is 476 g/mol. The first-order valence-corrected chi connectivity index (χ1v) is 13.4. The molecule has 8 heteroatoms. The van der Waals surface area contributed by atoms with Gasteiger partial charge in [0.1, 0.15) is 0 Å². The van der Waals surface area contributed by atoms with Crippen LogP contribution in [0.2, 0.25) is 5.02 Å². The Kier molecular flexibility index (Phi) is 7.12. The van der Waals surface area contributed by atoms with E-state index in [0.29, 0.717) is 16.7 Å². The van der Waals surface area contributed by atoms with Crippen LogP contribution >= 0.6 is 22.9 Å². The molecule has 0 aliphatic carbocycles. The number of aryl methyl sites for hydroxylation is 1. The number of thiazole rings is 1. The summed E-state index contributed by atoms with van der Waals surface area (Å²) in [5, 5.41) is 1.03. The Labute approximate surface area is 202 Å². The van der Waals surface area contributed by atoms with E-state index in [9.17, 15) is 13.2 Å². The van der Waals surface area contributed by atoms with Crippen LogP contribution in [-0.2, 0) is 27.6 Å². The Bertz CT molecular complexity index is 1370. The Hall–Kier alpha value is -2.74. The largest absolute Gasteiger partial charge is 0.284 e. The standard InChI is InChI=1S/C25H23ClN2O3S2/c1-2-18-8-13-22-23(16-18)32-25(27-22)28(17-19-6-4-3-5-7-19)24(29)14-15-33(30,31)21-11-9-20(26)10-12-21/h3-13,16H,2,14-15,17H2,1H3. The lowest BCUT2D eigenvalue weighted by Gasteiger charge is -2.20. The maximum atomic E-state index is 13.3. The molecule has 170 valence electrons. The van der Waals surface area contributed by atoms with Gasteiger partial charge in [-0.2, -0.15) is 0 Å². The van der Waals surface area contributed by atoms with Gasteiger partial charge in [0.25, 0.3) is 0 Å². The van der Waals surface area contributed by atoms with Crippen molar-refractivity contribution in [2.24, 2.45) is 0 Å². The number of anilines is 1. The molecular formula is C25H23ClN2O3S2. The topological polar surface area (TPSA) is 67.3 Å². The third-order valence-corrected chi connectivity index (χ3v) is 8.35. The van der Waals surface area contributed by atoms with Gasteiger partial charge in [0.05, 0.1) is 27.4 Å². The first-order valence-electron chi connectivity index (χ1n) is 10.6. The van der Waals surface area contributed by atoms with Crippen molar-refractivity contribution in [3.8, 4) is 0 Å². The normalized spacial score (nSPS) is 11.6. The highest BCUT2D eigenvalue weighted by Crippen LogP contribution is 2.31. The Balaban J connectivity index is 1.60. The molecule has 0 saturated heterocycles. The molecule has 33 heavy (non-hydrogen) atoms. The summed E-state index contributed by atoms with van der Waals surface area (Å²) in [6.07, 6.45) is 0.770. The fourth-order valence-corrected chi connectivity index (χ4v) is 5.84. The molecule has 0 unspecified atom stereocenters. The van der Waals surface area contributed by atoms with Gasteiger partial charge in [0.15, 0.2) is 15.0 Å². The highest BCUT2D eigenvalue weighted by atomic mass is 35.5. The predicted molar refractivity (Wildman–Crippen MR) is 135 cm³/mol. The molecule has 1 amide bonds. The molecule has 0 aliphatic rings. The van der Waals surface area contributed by atoms with E-state index in [2.05, 4.69) is 18.0 Å². The van der Waals surface area contributed by atoms with E-state index < -0.39 is 9.84 Å². The molecule has 0 N–H and O–H groups in total. The third-order valence-electron chi connectivity index (χ3n) is 5.32. The van der Waals surface area contributed by atoms with E-state index in [-0.39, 0.29) is 23.0 Å². The average Bonchev–Trinajstić information content (AvgIpc) is 3.25. The van der Waals surface area contributed by atoms with Crippen LogP contribution in [0.3, 0.4) is 0 Å². The Morgan fingerprint density at radius 1 is 1.00 bits per heavy atom. The van der Waals surface area contributed by atoms with Gasteiger partial charge in [0.2, 0.25) is 5.91 Å². The summed E-state index contributed by atoms with van der Waals surface area (Å²) in [4.78, 5) is 19.7. The second-order valence-electron chi connectivity index (χ2n) is 7.64. The number of carbonyl (C=O) groups is 1. The average molecular weight is 499 g/mol. The zero-order valence-corrected chi connectivity index (χ0v) is 20.5. The number of amides is 1. The van der Waals surface area contributed by atoms with Crippen molar-refractivity contribution in [3.63, 3.8) is 0 Å². The molecule has 0 fully saturated rings. The summed E-state index contributed by atoms with van der Waals surface area (Å²) in [5.74, 6) is -0.574. The number of hydrogen-bond acceptors (Lipinski definition) is 5. The summed E-state index contributed by atoms with van der Waals surface area (Å²) in [6, 6.07) is 21.7. The van der Waals surface area contributed by atoms with Gasteiger partial charge in [-0.1, -0.05) is 66.3 Å².